The second-order valence-electron chi connectivity index (χ2n) is 7.75. The van der Waals surface area contributed by atoms with Crippen LogP contribution in [0.2, 0.25) is 0 Å². The molecule has 5 nitrogen and oxygen atoms in total. The summed E-state index contributed by atoms with van der Waals surface area (Å²) < 4.78 is 17.1. The molecule has 0 N–H and O–H groups in total. The highest BCUT2D eigenvalue weighted by molar-refractivity contribution is 7.99. The Balaban J connectivity index is 1.87. The second-order valence-corrected chi connectivity index (χ2v) is 8.56. The minimum Gasteiger partial charge on any atom is -0.493 e. The molecule has 0 fully saturated rings. The highest BCUT2D eigenvalue weighted by atomic mass is 32.2. The van der Waals surface area contributed by atoms with Crippen LogP contribution in [0.15, 0.2) is 45.7 Å². The fourth-order valence-electron chi connectivity index (χ4n) is 3.96. The van der Waals surface area contributed by atoms with Crippen molar-refractivity contribution in [2.75, 3.05) is 33.6 Å². The lowest BCUT2D eigenvalue weighted by molar-refractivity contribution is -0.131. The van der Waals surface area contributed by atoms with Gasteiger partial charge in [0.1, 0.15) is 11.3 Å². The molecule has 0 aliphatic rings. The highest BCUT2D eigenvalue weighted by Crippen LogP contribution is 2.42. The molecule has 0 atom stereocenters. The number of benzene rings is 2. The first-order valence-electron chi connectivity index (χ1n) is 11.2. The van der Waals surface area contributed by atoms with Crippen molar-refractivity contribution >= 4 is 28.6 Å². The molecule has 32 heavy (non-hydrogen) atoms. The van der Waals surface area contributed by atoms with Gasteiger partial charge in [-0.05, 0) is 61.4 Å². The van der Waals surface area contributed by atoms with Crippen molar-refractivity contribution in [2.45, 2.75) is 44.4 Å². The van der Waals surface area contributed by atoms with Gasteiger partial charge < -0.3 is 18.8 Å². The van der Waals surface area contributed by atoms with Gasteiger partial charge in [-0.1, -0.05) is 19.9 Å². The lowest BCUT2D eigenvalue weighted by Gasteiger charge is -2.21. The van der Waals surface area contributed by atoms with Crippen LogP contribution in [-0.4, -0.2) is 44.4 Å². The molecule has 3 rings (SSSR count). The van der Waals surface area contributed by atoms with Gasteiger partial charge in [-0.2, -0.15) is 0 Å². The smallest absolute Gasteiger partial charge is 0.222 e. The van der Waals surface area contributed by atoms with Gasteiger partial charge in [-0.3, -0.25) is 4.79 Å². The summed E-state index contributed by atoms with van der Waals surface area (Å²) in [5.41, 5.74) is 2.93. The summed E-state index contributed by atoms with van der Waals surface area (Å²) in [5, 5.41) is 1.08. The Hall–Kier alpha value is -2.60. The fourth-order valence-corrected chi connectivity index (χ4v) is 4.68. The SMILES string of the molecule is CCCN(CCC)C(=O)CCc1ccc2oc(-c3ccc(OC)c(OC)c3)c(SC)c2c1. The van der Waals surface area contributed by atoms with Crippen molar-refractivity contribution < 1.29 is 18.7 Å². The van der Waals surface area contributed by atoms with Crippen molar-refractivity contribution in [1.82, 2.24) is 4.90 Å². The maximum atomic E-state index is 12.7. The Kier molecular flexibility index (Phi) is 8.51. The predicted octanol–water partition coefficient (Wildman–Crippen LogP) is 6.42. The number of aryl methyl sites for hydroxylation is 1. The van der Waals surface area contributed by atoms with E-state index in [0.29, 0.717) is 17.9 Å². The van der Waals surface area contributed by atoms with Crippen LogP contribution in [0.25, 0.3) is 22.3 Å². The molecule has 1 heterocycles. The number of furan rings is 1. The van der Waals surface area contributed by atoms with E-state index in [1.54, 1.807) is 26.0 Å². The largest absolute Gasteiger partial charge is 0.493 e. The van der Waals surface area contributed by atoms with Gasteiger partial charge in [0.05, 0.1) is 19.1 Å². The molecule has 6 heteroatoms. The maximum Gasteiger partial charge on any atom is 0.222 e. The van der Waals surface area contributed by atoms with Crippen molar-refractivity contribution in [2.24, 2.45) is 0 Å². The van der Waals surface area contributed by atoms with E-state index < -0.39 is 0 Å². The average Bonchev–Trinajstić information content (AvgIpc) is 3.19. The molecule has 2 aromatic carbocycles. The van der Waals surface area contributed by atoms with E-state index in [4.69, 9.17) is 13.9 Å². The number of fused-ring (bicyclic) bond motifs is 1. The Bertz CT molecular complexity index is 1050. The molecule has 3 aromatic rings. The summed E-state index contributed by atoms with van der Waals surface area (Å²) >= 11 is 1.66. The zero-order valence-corrected chi connectivity index (χ0v) is 20.5. The lowest BCUT2D eigenvalue weighted by atomic mass is 10.1. The number of methoxy groups -OCH3 is 2. The zero-order valence-electron chi connectivity index (χ0n) is 19.7. The molecule has 0 radical (unpaired) electrons. The lowest BCUT2D eigenvalue weighted by Crippen LogP contribution is -2.32. The third-order valence-electron chi connectivity index (χ3n) is 5.52. The number of thioether (sulfide) groups is 1. The zero-order chi connectivity index (χ0) is 23.1. The molecule has 0 unspecified atom stereocenters. The topological polar surface area (TPSA) is 51.9 Å². The average molecular weight is 456 g/mol. The Morgan fingerprint density at radius 3 is 2.34 bits per heavy atom. The van der Waals surface area contributed by atoms with Crippen LogP contribution in [0.4, 0.5) is 0 Å². The third kappa shape index (κ3) is 5.23. The van der Waals surface area contributed by atoms with Crippen molar-refractivity contribution in [3.8, 4) is 22.8 Å². The van der Waals surface area contributed by atoms with Crippen LogP contribution < -0.4 is 9.47 Å². The van der Waals surface area contributed by atoms with Crippen molar-refractivity contribution in [1.29, 1.82) is 0 Å². The van der Waals surface area contributed by atoms with Gasteiger partial charge in [0.2, 0.25) is 5.91 Å². The molecular weight excluding hydrogens is 422 g/mol. The quantitative estimate of drug-likeness (QED) is 0.312. The Morgan fingerprint density at radius 2 is 1.72 bits per heavy atom. The predicted molar refractivity (Wildman–Crippen MR) is 132 cm³/mol. The van der Waals surface area contributed by atoms with E-state index >= 15 is 0 Å². The van der Waals surface area contributed by atoms with Gasteiger partial charge in [-0.15, -0.1) is 11.8 Å². The fraction of sp³-hybridized carbons (Fsp3) is 0.423. The van der Waals surface area contributed by atoms with E-state index in [9.17, 15) is 4.79 Å². The number of hydrogen-bond acceptors (Lipinski definition) is 5. The van der Waals surface area contributed by atoms with Crippen LogP contribution in [0, 0.1) is 0 Å². The summed E-state index contributed by atoms with van der Waals surface area (Å²) in [6.45, 7) is 5.89. The van der Waals surface area contributed by atoms with Crippen molar-refractivity contribution in [3.05, 3.63) is 42.0 Å². The maximum absolute atomic E-state index is 12.7. The first kappa shape index (κ1) is 24.1. The second kappa shape index (κ2) is 11.3. The molecule has 1 amide bonds. The monoisotopic (exact) mass is 455 g/mol. The van der Waals surface area contributed by atoms with Crippen LogP contribution in [0.1, 0.15) is 38.7 Å². The van der Waals surface area contributed by atoms with Gasteiger partial charge in [-0.25, -0.2) is 0 Å². The van der Waals surface area contributed by atoms with Gasteiger partial charge in [0, 0.05) is 30.5 Å². The number of hydrogen-bond donors (Lipinski definition) is 0. The summed E-state index contributed by atoms with van der Waals surface area (Å²) in [6, 6.07) is 12.0. The molecule has 1 aromatic heterocycles. The first-order valence-corrected chi connectivity index (χ1v) is 12.4. The molecule has 0 saturated carbocycles. The van der Waals surface area contributed by atoms with Crippen LogP contribution in [-0.2, 0) is 11.2 Å². The van der Waals surface area contributed by atoms with E-state index in [1.807, 2.05) is 29.2 Å². The van der Waals surface area contributed by atoms with Gasteiger partial charge in [0.25, 0.3) is 0 Å². The van der Waals surface area contributed by atoms with Crippen LogP contribution in [0.3, 0.4) is 0 Å². The minimum atomic E-state index is 0.233. The summed E-state index contributed by atoms with van der Waals surface area (Å²) in [7, 11) is 3.26. The molecule has 0 saturated heterocycles. The van der Waals surface area contributed by atoms with E-state index in [2.05, 4.69) is 32.2 Å². The normalized spacial score (nSPS) is 11.0. The Morgan fingerprint density at radius 1 is 1.00 bits per heavy atom. The standard InChI is InChI=1S/C26H33NO4S/c1-6-14-27(15-7-2)24(28)13-9-18-8-11-21-20(16-18)26(32-5)25(31-21)19-10-12-22(29-3)23(17-19)30-4/h8,10-12,16-17H,6-7,9,13-15H2,1-5H3. The van der Waals surface area contributed by atoms with E-state index in [1.165, 1.54) is 0 Å². The number of rotatable bonds is 11. The molecule has 0 aliphatic heterocycles. The molecule has 172 valence electrons. The molecule has 0 bridgehead atoms. The number of carbonyl (C=O) groups excluding carboxylic acids is 1. The van der Waals surface area contributed by atoms with Gasteiger partial charge in [0.15, 0.2) is 11.5 Å². The van der Waals surface area contributed by atoms with Crippen LogP contribution >= 0.6 is 11.8 Å². The van der Waals surface area contributed by atoms with E-state index in [0.717, 1.165) is 65.1 Å². The Labute approximate surface area is 195 Å². The minimum absolute atomic E-state index is 0.233. The summed E-state index contributed by atoms with van der Waals surface area (Å²) in [5.74, 6) is 2.40. The summed E-state index contributed by atoms with van der Waals surface area (Å²) in [4.78, 5) is 15.7. The molecule has 0 aliphatic carbocycles. The van der Waals surface area contributed by atoms with E-state index in [-0.39, 0.29) is 5.91 Å². The number of nitrogens with zero attached hydrogens (tertiary/aromatic N) is 1. The number of carbonyl (C=O) groups is 1. The van der Waals surface area contributed by atoms with Crippen LogP contribution in [0.5, 0.6) is 11.5 Å². The summed E-state index contributed by atoms with van der Waals surface area (Å²) in [6.07, 6.45) is 5.29. The third-order valence-corrected chi connectivity index (χ3v) is 6.34. The highest BCUT2D eigenvalue weighted by Gasteiger charge is 2.18. The number of amides is 1. The number of ether oxygens (including phenoxy) is 2. The molecular formula is C26H33NO4S. The van der Waals surface area contributed by atoms with Crippen molar-refractivity contribution in [3.63, 3.8) is 0 Å². The van der Waals surface area contributed by atoms with Gasteiger partial charge >= 0.3 is 0 Å². The first-order chi connectivity index (χ1) is 15.6. The molecule has 0 spiro atoms.